The van der Waals surface area contributed by atoms with Gasteiger partial charge < -0.3 is 25.1 Å². The van der Waals surface area contributed by atoms with Gasteiger partial charge in [-0.3, -0.25) is 5.32 Å². The lowest BCUT2D eigenvalue weighted by atomic mass is 9.83. The molecule has 1 aliphatic rings. The summed E-state index contributed by atoms with van der Waals surface area (Å²) in [4.78, 5) is 8.96. The van der Waals surface area contributed by atoms with Crippen LogP contribution in [0.1, 0.15) is 36.8 Å². The Morgan fingerprint density at radius 1 is 0.875 bits per heavy atom. The number of nitrogens with zero attached hydrogens (tertiary/aromatic N) is 5. The standard InChI is InChI=1S/C35H42FN9O2S/c1-43-20-16-26(24-43)22-38-32-6-4-5-18-35(32,39-23-27-17-21-44(2)25-27)45(3)48(46,47)31-13-11-30(12-14-31)41-34-37-19-15-33(42-34)40-29-9-7-28(36)8-10-29/h7-17,19-21,24-25,32,38-39H,4-6,18,22-23H2,1-3H3,(H2,37,40,41,42). The fourth-order valence-corrected chi connectivity index (χ4v) is 7.84. The number of likely N-dealkylation sites (N-methyl/N-ethyl adjacent to an activating group) is 1. The van der Waals surface area contributed by atoms with E-state index in [1.54, 1.807) is 60.0 Å². The number of halogens is 1. The van der Waals surface area contributed by atoms with Gasteiger partial charge in [0.25, 0.3) is 0 Å². The van der Waals surface area contributed by atoms with Gasteiger partial charge in [-0.25, -0.2) is 17.8 Å². The van der Waals surface area contributed by atoms with Crippen molar-refractivity contribution in [1.29, 1.82) is 0 Å². The molecule has 2 atom stereocenters. The van der Waals surface area contributed by atoms with E-state index in [1.165, 1.54) is 12.1 Å². The number of hydrogen-bond acceptors (Lipinski definition) is 8. The fourth-order valence-electron chi connectivity index (χ4n) is 6.34. The summed E-state index contributed by atoms with van der Waals surface area (Å²) in [5.41, 5.74) is 2.70. The summed E-state index contributed by atoms with van der Waals surface area (Å²) in [6, 6.07) is 18.3. The lowest BCUT2D eigenvalue weighted by molar-refractivity contribution is 0.0629. The van der Waals surface area contributed by atoms with Gasteiger partial charge in [0.15, 0.2) is 0 Å². The largest absolute Gasteiger partial charge is 0.357 e. The van der Waals surface area contributed by atoms with Crippen molar-refractivity contribution in [2.75, 3.05) is 17.7 Å². The Hall–Kier alpha value is -4.56. The SMILES string of the molecule is CN(C1(NCc2ccn(C)c2)CCCCC1NCc1ccn(C)c1)S(=O)(=O)c1ccc(Nc2nccc(Nc3ccc(F)cc3)n2)cc1. The highest BCUT2D eigenvalue weighted by Gasteiger charge is 2.48. The zero-order valence-electron chi connectivity index (χ0n) is 27.4. The van der Waals surface area contributed by atoms with E-state index in [0.29, 0.717) is 42.7 Å². The van der Waals surface area contributed by atoms with Crippen molar-refractivity contribution in [2.24, 2.45) is 14.1 Å². The van der Waals surface area contributed by atoms with E-state index in [-0.39, 0.29) is 16.8 Å². The van der Waals surface area contributed by atoms with Gasteiger partial charge in [0.1, 0.15) is 17.3 Å². The molecule has 4 N–H and O–H groups in total. The number of rotatable bonds is 13. The quantitative estimate of drug-likeness (QED) is 0.119. The van der Waals surface area contributed by atoms with Crippen LogP contribution in [0.2, 0.25) is 0 Å². The molecule has 0 aliphatic heterocycles. The second kappa shape index (κ2) is 14.3. The fraction of sp³-hybridized carbons (Fsp3) is 0.314. The van der Waals surface area contributed by atoms with E-state index < -0.39 is 15.7 Å². The molecule has 0 spiro atoms. The number of aryl methyl sites for hydroxylation is 2. The van der Waals surface area contributed by atoms with E-state index in [2.05, 4.69) is 55.8 Å². The Balaban J connectivity index is 1.21. The van der Waals surface area contributed by atoms with E-state index in [0.717, 1.165) is 30.4 Å². The zero-order chi connectivity index (χ0) is 33.7. The first kappa shape index (κ1) is 33.3. The molecule has 48 heavy (non-hydrogen) atoms. The minimum absolute atomic E-state index is 0.121. The van der Waals surface area contributed by atoms with Crippen molar-refractivity contribution in [3.63, 3.8) is 0 Å². The highest BCUT2D eigenvalue weighted by Crippen LogP contribution is 2.36. The van der Waals surface area contributed by atoms with Gasteiger partial charge in [0.2, 0.25) is 16.0 Å². The molecule has 1 aliphatic carbocycles. The molecular formula is C35H42FN9O2S. The van der Waals surface area contributed by atoms with Crippen molar-refractivity contribution >= 4 is 33.2 Å². The molecular weight excluding hydrogens is 630 g/mol. The van der Waals surface area contributed by atoms with Crippen LogP contribution >= 0.6 is 0 Å². The summed E-state index contributed by atoms with van der Waals surface area (Å²) in [6.45, 7) is 1.17. The molecule has 2 aromatic carbocycles. The number of aromatic nitrogens is 4. The third kappa shape index (κ3) is 7.60. The molecule has 2 unspecified atom stereocenters. The highest BCUT2D eigenvalue weighted by molar-refractivity contribution is 7.89. The molecule has 5 aromatic rings. The van der Waals surface area contributed by atoms with Crippen molar-refractivity contribution in [1.82, 2.24) is 34.0 Å². The molecule has 11 nitrogen and oxygen atoms in total. The van der Waals surface area contributed by atoms with Crippen molar-refractivity contribution in [2.45, 2.75) is 55.4 Å². The van der Waals surface area contributed by atoms with Crippen LogP contribution in [0.3, 0.4) is 0 Å². The zero-order valence-corrected chi connectivity index (χ0v) is 28.2. The van der Waals surface area contributed by atoms with E-state index in [9.17, 15) is 12.8 Å². The molecule has 3 aromatic heterocycles. The van der Waals surface area contributed by atoms with Gasteiger partial charge in [-0.15, -0.1) is 0 Å². The Bertz CT molecular complexity index is 1930. The second-order valence-corrected chi connectivity index (χ2v) is 14.3. The number of nitrogens with one attached hydrogen (secondary N) is 4. The minimum Gasteiger partial charge on any atom is -0.357 e. The van der Waals surface area contributed by atoms with Crippen LogP contribution in [0, 0.1) is 5.82 Å². The van der Waals surface area contributed by atoms with Gasteiger partial charge in [-0.05, 0) is 90.7 Å². The van der Waals surface area contributed by atoms with E-state index in [4.69, 9.17) is 0 Å². The second-order valence-electron chi connectivity index (χ2n) is 12.3. The van der Waals surface area contributed by atoms with Crippen LogP contribution in [-0.4, -0.2) is 50.6 Å². The molecule has 252 valence electrons. The number of anilines is 4. The predicted octanol–water partition coefficient (Wildman–Crippen LogP) is 5.62. The first-order chi connectivity index (χ1) is 23.1. The van der Waals surface area contributed by atoms with Crippen LogP contribution in [-0.2, 0) is 37.2 Å². The van der Waals surface area contributed by atoms with E-state index in [1.807, 2.05) is 35.6 Å². The average Bonchev–Trinajstić information content (AvgIpc) is 3.71. The van der Waals surface area contributed by atoms with E-state index >= 15 is 0 Å². The summed E-state index contributed by atoms with van der Waals surface area (Å²) in [5.74, 6) is 0.531. The Morgan fingerprint density at radius 3 is 2.19 bits per heavy atom. The summed E-state index contributed by atoms with van der Waals surface area (Å²) in [7, 11) is 1.75. The minimum atomic E-state index is -3.92. The van der Waals surface area contributed by atoms with Gasteiger partial charge in [-0.1, -0.05) is 12.8 Å². The van der Waals surface area contributed by atoms with Gasteiger partial charge >= 0.3 is 0 Å². The van der Waals surface area contributed by atoms with Crippen LogP contribution in [0.5, 0.6) is 0 Å². The molecule has 6 rings (SSSR count). The number of sulfonamides is 1. The van der Waals surface area contributed by atoms with Crippen LogP contribution < -0.4 is 21.3 Å². The van der Waals surface area contributed by atoms with Crippen LogP contribution in [0.4, 0.5) is 27.5 Å². The lowest BCUT2D eigenvalue weighted by Crippen LogP contribution is -2.70. The Labute approximate surface area is 281 Å². The smallest absolute Gasteiger partial charge is 0.244 e. The maximum Gasteiger partial charge on any atom is 0.244 e. The Kier molecular flexibility index (Phi) is 9.92. The Morgan fingerprint density at radius 2 is 1.52 bits per heavy atom. The maximum absolute atomic E-state index is 14.4. The molecule has 1 saturated carbocycles. The number of benzene rings is 2. The molecule has 0 amide bonds. The molecule has 1 fully saturated rings. The van der Waals surface area contributed by atoms with Crippen molar-refractivity contribution in [3.05, 3.63) is 115 Å². The monoisotopic (exact) mass is 671 g/mol. The average molecular weight is 672 g/mol. The summed E-state index contributed by atoms with van der Waals surface area (Å²) < 4.78 is 47.6. The molecule has 13 heteroatoms. The van der Waals surface area contributed by atoms with Gasteiger partial charge in [0, 0.05) is 82.6 Å². The maximum atomic E-state index is 14.4. The third-order valence-corrected chi connectivity index (χ3v) is 10.8. The number of hydrogen-bond donors (Lipinski definition) is 4. The molecule has 0 radical (unpaired) electrons. The first-order valence-corrected chi connectivity index (χ1v) is 17.5. The first-order valence-electron chi connectivity index (χ1n) is 16.0. The molecule has 0 saturated heterocycles. The van der Waals surface area contributed by atoms with Crippen LogP contribution in [0.25, 0.3) is 0 Å². The molecule has 3 heterocycles. The van der Waals surface area contributed by atoms with Crippen LogP contribution in [0.15, 0.2) is 103 Å². The van der Waals surface area contributed by atoms with Gasteiger partial charge in [0.05, 0.1) is 4.90 Å². The summed E-state index contributed by atoms with van der Waals surface area (Å²) in [5, 5.41) is 13.7. The third-order valence-electron chi connectivity index (χ3n) is 8.92. The van der Waals surface area contributed by atoms with Gasteiger partial charge in [-0.2, -0.15) is 9.29 Å². The summed E-state index contributed by atoms with van der Waals surface area (Å²) >= 11 is 0. The highest BCUT2D eigenvalue weighted by atomic mass is 32.2. The lowest BCUT2D eigenvalue weighted by Gasteiger charge is -2.50. The van der Waals surface area contributed by atoms with Crippen molar-refractivity contribution < 1.29 is 12.8 Å². The predicted molar refractivity (Wildman–Crippen MR) is 186 cm³/mol. The van der Waals surface area contributed by atoms with Crippen molar-refractivity contribution in [3.8, 4) is 0 Å². The topological polar surface area (TPSA) is 121 Å². The summed E-state index contributed by atoms with van der Waals surface area (Å²) in [6.07, 6.45) is 13.2. The normalized spacial score (nSPS) is 18.2. The molecule has 0 bridgehead atoms.